The van der Waals surface area contributed by atoms with Gasteiger partial charge in [-0.1, -0.05) is 24.4 Å². The highest BCUT2D eigenvalue weighted by Gasteiger charge is 2.29. The molecule has 0 spiro atoms. The van der Waals surface area contributed by atoms with Crippen LogP contribution in [-0.2, 0) is 5.41 Å². The van der Waals surface area contributed by atoms with Crippen LogP contribution in [0.25, 0.3) is 0 Å². The van der Waals surface area contributed by atoms with Gasteiger partial charge in [-0.25, -0.2) is 9.37 Å². The van der Waals surface area contributed by atoms with Gasteiger partial charge in [0.2, 0.25) is 0 Å². The molecule has 1 aromatic carbocycles. The number of hydrogen-bond donors (Lipinski definition) is 1. The Morgan fingerprint density at radius 3 is 2.50 bits per heavy atom. The summed E-state index contributed by atoms with van der Waals surface area (Å²) >= 11 is 5.28. The Morgan fingerprint density at radius 1 is 1.25 bits per heavy atom. The van der Waals surface area contributed by atoms with Crippen LogP contribution < -0.4 is 0 Å². The van der Waals surface area contributed by atoms with Crippen molar-refractivity contribution in [1.29, 1.82) is 0 Å². The van der Waals surface area contributed by atoms with Crippen molar-refractivity contribution < 1.29 is 4.39 Å². The average Bonchev–Trinajstić information content (AvgIpc) is 3.23. The van der Waals surface area contributed by atoms with Crippen molar-refractivity contribution in [1.82, 2.24) is 9.97 Å². The number of nitrogens with zero attached hydrogens (tertiary/aromatic N) is 1. The minimum Gasteiger partial charge on any atom is -0.346 e. The zero-order valence-corrected chi connectivity index (χ0v) is 12.4. The van der Waals surface area contributed by atoms with Crippen LogP contribution in [-0.4, -0.2) is 9.97 Å². The Morgan fingerprint density at radius 2 is 1.90 bits per heavy atom. The Labute approximate surface area is 123 Å². The third-order valence-electron chi connectivity index (χ3n) is 3.94. The summed E-state index contributed by atoms with van der Waals surface area (Å²) in [6.45, 7) is 4.15. The third-order valence-corrected chi connectivity index (χ3v) is 4.15. The molecule has 2 nitrogen and oxygen atoms in total. The van der Waals surface area contributed by atoms with Crippen LogP contribution in [0.5, 0.6) is 0 Å². The van der Waals surface area contributed by atoms with Gasteiger partial charge in [-0.05, 0) is 56.4 Å². The van der Waals surface area contributed by atoms with Crippen LogP contribution in [0, 0.1) is 10.5 Å². The largest absolute Gasteiger partial charge is 0.346 e. The summed E-state index contributed by atoms with van der Waals surface area (Å²) in [7, 11) is 0. The summed E-state index contributed by atoms with van der Waals surface area (Å²) in [5.74, 6) is 1.22. The van der Waals surface area contributed by atoms with Gasteiger partial charge in [-0.3, -0.25) is 0 Å². The van der Waals surface area contributed by atoms with E-state index in [1.807, 2.05) is 6.07 Å². The standard InChI is InChI=1S/C16H17FN2S/c1-16(2,11-5-7-12(17)8-6-11)15-18-13(10-3-4-10)9-14(20)19-15/h5-10H,3-4H2,1-2H3,(H,18,19,20). The molecule has 3 rings (SSSR count). The number of nitrogens with one attached hydrogen (secondary N) is 1. The molecule has 0 aliphatic heterocycles. The number of hydrogen-bond acceptors (Lipinski definition) is 2. The summed E-state index contributed by atoms with van der Waals surface area (Å²) in [5, 5.41) is 0. The molecule has 2 aromatic rings. The minimum atomic E-state index is -0.327. The second kappa shape index (κ2) is 4.77. The van der Waals surface area contributed by atoms with E-state index in [1.54, 1.807) is 12.1 Å². The summed E-state index contributed by atoms with van der Waals surface area (Å²) in [6, 6.07) is 8.53. The smallest absolute Gasteiger partial charge is 0.130 e. The quantitative estimate of drug-likeness (QED) is 0.843. The molecular formula is C16H17FN2S. The number of halogens is 1. The van der Waals surface area contributed by atoms with E-state index in [0.717, 1.165) is 11.4 Å². The molecule has 0 atom stereocenters. The number of benzene rings is 1. The molecule has 0 amide bonds. The molecule has 20 heavy (non-hydrogen) atoms. The lowest BCUT2D eigenvalue weighted by Crippen LogP contribution is -2.23. The average molecular weight is 288 g/mol. The third kappa shape index (κ3) is 2.52. The maximum Gasteiger partial charge on any atom is 0.130 e. The van der Waals surface area contributed by atoms with E-state index in [4.69, 9.17) is 12.2 Å². The van der Waals surface area contributed by atoms with Crippen LogP contribution in [0.3, 0.4) is 0 Å². The fourth-order valence-electron chi connectivity index (χ4n) is 2.39. The molecule has 1 saturated carbocycles. The minimum absolute atomic E-state index is 0.225. The summed E-state index contributed by atoms with van der Waals surface area (Å²) in [4.78, 5) is 7.91. The molecule has 0 bridgehead atoms. The number of aromatic nitrogens is 2. The first-order valence-corrected chi connectivity index (χ1v) is 7.25. The molecule has 1 N–H and O–H groups in total. The van der Waals surface area contributed by atoms with Gasteiger partial charge in [-0.15, -0.1) is 0 Å². The normalized spacial score (nSPS) is 15.3. The van der Waals surface area contributed by atoms with Crippen molar-refractivity contribution >= 4 is 12.2 Å². The van der Waals surface area contributed by atoms with E-state index in [0.29, 0.717) is 10.6 Å². The van der Waals surface area contributed by atoms with Crippen molar-refractivity contribution in [3.63, 3.8) is 0 Å². The first-order chi connectivity index (χ1) is 9.46. The van der Waals surface area contributed by atoms with Gasteiger partial charge in [0.15, 0.2) is 0 Å². The number of rotatable bonds is 3. The Kier molecular flexibility index (Phi) is 3.21. The maximum absolute atomic E-state index is 13.1. The van der Waals surface area contributed by atoms with E-state index >= 15 is 0 Å². The van der Waals surface area contributed by atoms with E-state index in [1.165, 1.54) is 30.7 Å². The molecule has 104 valence electrons. The summed E-state index contributed by atoms with van der Waals surface area (Å²) in [5.41, 5.74) is 1.87. The molecular weight excluding hydrogens is 271 g/mol. The molecule has 4 heteroatoms. The Hall–Kier alpha value is -1.55. The monoisotopic (exact) mass is 288 g/mol. The van der Waals surface area contributed by atoms with E-state index < -0.39 is 0 Å². The topological polar surface area (TPSA) is 28.7 Å². The molecule has 1 heterocycles. The fourth-order valence-corrected chi connectivity index (χ4v) is 2.61. The predicted octanol–water partition coefficient (Wildman–Crippen LogP) is 4.48. The fraction of sp³-hybridized carbons (Fsp3) is 0.375. The number of aromatic amines is 1. The zero-order chi connectivity index (χ0) is 14.3. The summed E-state index contributed by atoms with van der Waals surface area (Å²) in [6.07, 6.45) is 2.43. The van der Waals surface area contributed by atoms with Crippen molar-refractivity contribution in [3.05, 3.63) is 57.9 Å². The van der Waals surface area contributed by atoms with Gasteiger partial charge >= 0.3 is 0 Å². The molecule has 0 radical (unpaired) electrons. The highest BCUT2D eigenvalue weighted by atomic mass is 32.1. The van der Waals surface area contributed by atoms with E-state index in [2.05, 4.69) is 23.8 Å². The number of H-pyrrole nitrogens is 1. The predicted molar refractivity (Wildman–Crippen MR) is 79.9 cm³/mol. The molecule has 1 aromatic heterocycles. The van der Waals surface area contributed by atoms with Crippen LogP contribution in [0.15, 0.2) is 30.3 Å². The van der Waals surface area contributed by atoms with Crippen LogP contribution >= 0.6 is 12.2 Å². The lowest BCUT2D eigenvalue weighted by atomic mass is 9.83. The van der Waals surface area contributed by atoms with Gasteiger partial charge in [0.1, 0.15) is 16.3 Å². The van der Waals surface area contributed by atoms with Gasteiger partial charge in [0.25, 0.3) is 0 Å². The second-order valence-corrected chi connectivity index (χ2v) is 6.35. The van der Waals surface area contributed by atoms with Gasteiger partial charge < -0.3 is 4.98 Å². The maximum atomic E-state index is 13.1. The first kappa shape index (κ1) is 13.4. The molecule has 1 aliphatic carbocycles. The van der Waals surface area contributed by atoms with Gasteiger partial charge in [0.05, 0.1) is 0 Å². The Balaban J connectivity index is 2.05. The highest BCUT2D eigenvalue weighted by molar-refractivity contribution is 7.71. The van der Waals surface area contributed by atoms with Crippen LogP contribution in [0.1, 0.15) is 49.7 Å². The lowest BCUT2D eigenvalue weighted by molar-refractivity contribution is 0.577. The van der Waals surface area contributed by atoms with Crippen molar-refractivity contribution in [3.8, 4) is 0 Å². The Bertz CT molecular complexity index is 684. The van der Waals surface area contributed by atoms with Gasteiger partial charge in [0, 0.05) is 11.1 Å². The van der Waals surface area contributed by atoms with Crippen LogP contribution in [0.2, 0.25) is 0 Å². The first-order valence-electron chi connectivity index (χ1n) is 6.84. The molecule has 0 saturated heterocycles. The van der Waals surface area contributed by atoms with Crippen LogP contribution in [0.4, 0.5) is 4.39 Å². The highest BCUT2D eigenvalue weighted by Crippen LogP contribution is 2.40. The van der Waals surface area contributed by atoms with Crippen molar-refractivity contribution in [2.24, 2.45) is 0 Å². The van der Waals surface area contributed by atoms with E-state index in [-0.39, 0.29) is 11.2 Å². The second-order valence-electron chi connectivity index (χ2n) is 5.93. The molecule has 0 unspecified atom stereocenters. The lowest BCUT2D eigenvalue weighted by Gasteiger charge is -2.25. The van der Waals surface area contributed by atoms with Crippen molar-refractivity contribution in [2.45, 2.75) is 38.0 Å². The molecule has 1 aliphatic rings. The van der Waals surface area contributed by atoms with Crippen molar-refractivity contribution in [2.75, 3.05) is 0 Å². The molecule has 1 fully saturated rings. The SMILES string of the molecule is CC(C)(c1ccc(F)cc1)c1nc(=S)cc(C2CC2)[nH]1. The summed E-state index contributed by atoms with van der Waals surface area (Å²) < 4.78 is 13.7. The van der Waals surface area contributed by atoms with Gasteiger partial charge in [-0.2, -0.15) is 0 Å². The van der Waals surface area contributed by atoms with E-state index in [9.17, 15) is 4.39 Å². The zero-order valence-electron chi connectivity index (χ0n) is 11.6.